The van der Waals surface area contributed by atoms with Crippen molar-refractivity contribution < 1.29 is 21.7 Å². The molecule has 0 aliphatic carbocycles. The van der Waals surface area contributed by atoms with Crippen molar-refractivity contribution >= 4 is 40.5 Å². The van der Waals surface area contributed by atoms with E-state index < -0.39 is 0 Å². The molecule has 3 aromatic carbocycles. The van der Waals surface area contributed by atoms with Gasteiger partial charge in [0.25, 0.3) is 0 Å². The van der Waals surface area contributed by atoms with E-state index in [0.29, 0.717) is 4.32 Å². The van der Waals surface area contributed by atoms with Crippen molar-refractivity contribution in [3.63, 3.8) is 0 Å². The fourth-order valence-electron chi connectivity index (χ4n) is 1.70. The van der Waals surface area contributed by atoms with Gasteiger partial charge in [0, 0.05) is 28.4 Å². The van der Waals surface area contributed by atoms with Crippen molar-refractivity contribution in [1.82, 2.24) is 0 Å². The van der Waals surface area contributed by atoms with Crippen LogP contribution in [0.5, 0.6) is 0 Å². The van der Waals surface area contributed by atoms with Crippen LogP contribution >= 0.6 is 0 Å². The Balaban J connectivity index is 0.000000560. The third-order valence-corrected chi connectivity index (χ3v) is 2.95. The average molecular weight is 390 g/mol. The molecular formula is C19H12FeNOS2-5. The van der Waals surface area contributed by atoms with Crippen molar-refractivity contribution in [2.75, 3.05) is 4.90 Å². The smallest absolute Gasteiger partial charge is 0.152 e. The summed E-state index contributed by atoms with van der Waals surface area (Å²) >= 11 is 9.44. The number of benzene rings is 2. The minimum Gasteiger partial charge on any atom is -0.999 e. The van der Waals surface area contributed by atoms with Gasteiger partial charge in [-0.3, -0.25) is 4.90 Å². The zero-order chi connectivity index (χ0) is 16.9. The molecule has 0 unspecified atom stereocenters. The van der Waals surface area contributed by atoms with E-state index in [-0.39, 0.29) is 17.1 Å². The number of hydrogen-bond acceptors (Lipinski definition) is 1. The van der Waals surface area contributed by atoms with Crippen molar-refractivity contribution in [2.45, 2.75) is 0 Å². The van der Waals surface area contributed by atoms with Gasteiger partial charge in [0.15, 0.2) is 12.2 Å². The number of rotatable bonds is 2. The fraction of sp³-hybridized carbons (Fsp3) is 0. The van der Waals surface area contributed by atoms with Gasteiger partial charge in [-0.1, -0.05) is 36.4 Å². The summed E-state index contributed by atoms with van der Waals surface area (Å²) in [6.07, 6.45) is 0. The molecule has 0 aromatic heterocycles. The van der Waals surface area contributed by atoms with Crippen LogP contribution < -0.4 is 4.90 Å². The molecule has 0 aliphatic heterocycles. The summed E-state index contributed by atoms with van der Waals surface area (Å²) < 4.78 is 8.04. The Bertz CT molecular complexity index is 628. The van der Waals surface area contributed by atoms with E-state index in [1.54, 1.807) is 6.07 Å². The zero-order valence-electron chi connectivity index (χ0n) is 12.4. The van der Waals surface area contributed by atoms with Crippen LogP contribution in [0.15, 0.2) is 66.7 Å². The molecule has 0 aliphatic rings. The Morgan fingerprint density at radius 3 is 1.54 bits per heavy atom. The Hall–Kier alpha value is -1.71. The summed E-state index contributed by atoms with van der Waals surface area (Å²) in [5.74, 6) is 0. The molecule has 2 nitrogen and oxygen atoms in total. The van der Waals surface area contributed by atoms with Crippen LogP contribution in [-0.2, 0) is 46.6 Å². The maximum absolute atomic E-state index is 7.50. The number of thiol groups is 1. The van der Waals surface area contributed by atoms with E-state index in [0.717, 1.165) is 11.4 Å². The summed E-state index contributed by atoms with van der Waals surface area (Å²) in [7, 11) is 0. The topological polar surface area (TPSA) is 23.1 Å². The Morgan fingerprint density at radius 2 is 1.29 bits per heavy atom. The SMILES string of the molecule is [C-]#[O+].[Fe].[S-]C(=[SH+])N(c1ccccc1)c1ccccc1.[c-]1[c-][c-][cH-][c-]1. The Labute approximate surface area is 164 Å². The number of nitrogens with zero attached hydrogens (tertiary/aromatic N) is 1. The zero-order valence-corrected chi connectivity index (χ0v) is 15.2. The van der Waals surface area contributed by atoms with Crippen LogP contribution in [0.25, 0.3) is 0 Å². The normalized spacial score (nSPS) is 8.29. The Kier molecular flexibility index (Phi) is 12.7. The van der Waals surface area contributed by atoms with Crippen molar-refractivity contribution in [1.29, 1.82) is 0 Å². The minimum atomic E-state index is 0. The van der Waals surface area contributed by atoms with Gasteiger partial charge in [0.2, 0.25) is 0 Å². The molecule has 3 aromatic rings. The second-order valence-corrected chi connectivity index (χ2v) is 5.08. The molecule has 0 radical (unpaired) electrons. The van der Waals surface area contributed by atoms with Crippen LogP contribution in [0, 0.1) is 30.9 Å². The molecule has 3 rings (SSSR count). The summed E-state index contributed by atoms with van der Waals surface area (Å²) in [5, 5.41) is 0. The van der Waals surface area contributed by atoms with E-state index in [9.17, 15) is 0 Å². The molecule has 0 saturated carbocycles. The summed E-state index contributed by atoms with van der Waals surface area (Å²) in [6, 6.07) is 31.9. The predicted octanol–water partition coefficient (Wildman–Crippen LogP) is 3.30. The van der Waals surface area contributed by atoms with E-state index in [4.69, 9.17) is 17.3 Å². The van der Waals surface area contributed by atoms with Gasteiger partial charge in [-0.25, -0.2) is 0 Å². The number of anilines is 2. The monoisotopic (exact) mass is 390 g/mol. The second kappa shape index (κ2) is 13.7. The van der Waals surface area contributed by atoms with Gasteiger partial charge in [-0.05, 0) is 24.3 Å². The van der Waals surface area contributed by atoms with Gasteiger partial charge in [-0.15, -0.1) is 0 Å². The molecule has 124 valence electrons. The first kappa shape index (κ1) is 22.3. The largest absolute Gasteiger partial charge is 0.999 e. The van der Waals surface area contributed by atoms with Crippen LogP contribution in [0.2, 0.25) is 0 Å². The maximum Gasteiger partial charge on any atom is 0.152 e. The quantitative estimate of drug-likeness (QED) is 0.167. The Morgan fingerprint density at radius 1 is 0.917 bits per heavy atom. The van der Waals surface area contributed by atoms with Crippen LogP contribution in [0.1, 0.15) is 0 Å². The average Bonchev–Trinajstić information content (AvgIpc) is 3.18. The predicted molar refractivity (Wildman–Crippen MR) is 97.5 cm³/mol. The van der Waals surface area contributed by atoms with Crippen LogP contribution in [-0.4, -0.2) is 4.32 Å². The van der Waals surface area contributed by atoms with E-state index in [1.165, 1.54) is 0 Å². The molecule has 0 fully saturated rings. The van der Waals surface area contributed by atoms with Crippen LogP contribution in [0.4, 0.5) is 11.4 Å². The molecule has 24 heavy (non-hydrogen) atoms. The first-order valence-corrected chi connectivity index (χ1v) is 7.31. The number of hydrogen-bond donors (Lipinski definition) is 0. The minimum absolute atomic E-state index is 0. The summed E-state index contributed by atoms with van der Waals surface area (Å²) in [5.41, 5.74) is 2.04. The van der Waals surface area contributed by atoms with E-state index >= 15 is 0 Å². The maximum atomic E-state index is 7.50. The van der Waals surface area contributed by atoms with Gasteiger partial charge < -0.3 is 43.0 Å². The molecule has 0 atom stereocenters. The van der Waals surface area contributed by atoms with Crippen molar-refractivity contribution in [3.8, 4) is 0 Å². The molecule has 0 heterocycles. The van der Waals surface area contributed by atoms with E-state index in [1.807, 2.05) is 65.6 Å². The van der Waals surface area contributed by atoms with Gasteiger partial charge in [-0.2, -0.15) is 0 Å². The number of para-hydroxylation sites is 2. The molecular weight excluding hydrogens is 378 g/mol. The molecule has 0 saturated heterocycles. The summed E-state index contributed by atoms with van der Waals surface area (Å²) in [6.45, 7) is 4.50. The van der Waals surface area contributed by atoms with Crippen molar-refractivity contribution in [2.24, 2.45) is 0 Å². The molecule has 0 spiro atoms. The molecule has 5 heteroatoms. The molecule has 0 N–H and O–H groups in total. The summed E-state index contributed by atoms with van der Waals surface area (Å²) in [4.78, 5) is 1.93. The second-order valence-electron chi connectivity index (χ2n) is 3.97. The standard InChI is InChI=1S/C13H11NS2.C5H.CO.Fe/c15-13(16)14(11-7-3-1-4-8-11)12-9-5-2-6-10-12;1-2-4-5-3-1;1-2;/h1-10H,(H,15,16);1H;;/q;-5;;. The van der Waals surface area contributed by atoms with Crippen LogP contribution in [0.3, 0.4) is 0 Å². The fourth-order valence-corrected chi connectivity index (χ4v) is 2.15. The van der Waals surface area contributed by atoms with Gasteiger partial charge in [0.05, 0.1) is 0 Å². The van der Waals surface area contributed by atoms with Gasteiger partial charge >= 0.3 is 11.3 Å². The van der Waals surface area contributed by atoms with E-state index in [2.05, 4.69) is 43.1 Å². The van der Waals surface area contributed by atoms with Crippen molar-refractivity contribution in [3.05, 3.63) is 97.6 Å². The third kappa shape index (κ3) is 7.71. The molecule has 0 amide bonds. The molecule has 0 bridgehead atoms. The third-order valence-electron chi connectivity index (χ3n) is 2.57. The first-order valence-electron chi connectivity index (χ1n) is 6.45. The van der Waals surface area contributed by atoms with Gasteiger partial charge in [0.1, 0.15) is 4.32 Å². The first-order chi connectivity index (χ1) is 11.3.